The Hall–Kier alpha value is -2.57. The molecule has 1 rings (SSSR count). The molecule has 180 valence electrons. The van der Waals surface area contributed by atoms with E-state index in [-0.39, 0.29) is 17.9 Å². The third-order valence-electron chi connectivity index (χ3n) is 5.24. The van der Waals surface area contributed by atoms with Crippen molar-refractivity contribution in [3.05, 3.63) is 34.9 Å². The van der Waals surface area contributed by atoms with Gasteiger partial charge < -0.3 is 20.3 Å². The zero-order valence-electron chi connectivity index (χ0n) is 21.2. The molecule has 0 aliphatic heterocycles. The first-order valence-corrected chi connectivity index (χ1v) is 11.5. The smallest absolute Gasteiger partial charge is 0.408 e. The Morgan fingerprint density at radius 1 is 1.03 bits per heavy atom. The number of rotatable bonds is 9. The number of benzene rings is 1. The van der Waals surface area contributed by atoms with Crippen LogP contribution < -0.4 is 10.6 Å². The van der Waals surface area contributed by atoms with Gasteiger partial charge in [0.05, 0.1) is 0 Å². The molecule has 7 heteroatoms. The van der Waals surface area contributed by atoms with Gasteiger partial charge in [-0.05, 0) is 78.5 Å². The fourth-order valence-electron chi connectivity index (χ4n) is 3.49. The van der Waals surface area contributed by atoms with Crippen LogP contribution in [0, 0.1) is 13.8 Å². The van der Waals surface area contributed by atoms with Crippen LogP contribution in [0.4, 0.5) is 4.79 Å². The lowest BCUT2D eigenvalue weighted by atomic mass is 9.98. The van der Waals surface area contributed by atoms with Crippen molar-refractivity contribution in [2.24, 2.45) is 0 Å². The van der Waals surface area contributed by atoms with E-state index in [1.165, 1.54) is 4.90 Å². The van der Waals surface area contributed by atoms with Gasteiger partial charge in [0.2, 0.25) is 11.8 Å². The minimum absolute atomic E-state index is 0.00679. The Morgan fingerprint density at radius 2 is 1.66 bits per heavy atom. The SMILES string of the molecule is CCCC(C)NC(=O)C(c1ccc(C)c(C)c1)N(CC)C(=O)C(C)NC(=O)OC(C)(C)C. The Labute approximate surface area is 193 Å². The van der Waals surface area contributed by atoms with Crippen LogP contribution in [0.25, 0.3) is 0 Å². The molecule has 0 bridgehead atoms. The first-order valence-electron chi connectivity index (χ1n) is 11.5. The lowest BCUT2D eigenvalue weighted by Crippen LogP contribution is -2.52. The monoisotopic (exact) mass is 447 g/mol. The number of carbonyl (C=O) groups excluding carboxylic acids is 3. The van der Waals surface area contributed by atoms with Crippen LogP contribution in [-0.4, -0.2) is 47.0 Å². The van der Waals surface area contributed by atoms with Crippen molar-refractivity contribution < 1.29 is 19.1 Å². The molecule has 2 N–H and O–H groups in total. The first-order chi connectivity index (χ1) is 14.8. The van der Waals surface area contributed by atoms with Gasteiger partial charge in [-0.1, -0.05) is 31.5 Å². The second-order valence-electron chi connectivity index (χ2n) is 9.44. The van der Waals surface area contributed by atoms with Gasteiger partial charge in [-0.25, -0.2) is 4.79 Å². The predicted molar refractivity (Wildman–Crippen MR) is 127 cm³/mol. The second-order valence-corrected chi connectivity index (χ2v) is 9.44. The molecule has 0 saturated heterocycles. The largest absolute Gasteiger partial charge is 0.444 e. The Morgan fingerprint density at radius 3 is 2.16 bits per heavy atom. The molecule has 0 aliphatic rings. The van der Waals surface area contributed by atoms with E-state index in [1.54, 1.807) is 27.7 Å². The maximum absolute atomic E-state index is 13.3. The number of nitrogens with one attached hydrogen (secondary N) is 2. The topological polar surface area (TPSA) is 87.7 Å². The summed E-state index contributed by atoms with van der Waals surface area (Å²) in [6.07, 6.45) is 1.13. The summed E-state index contributed by atoms with van der Waals surface area (Å²) in [4.78, 5) is 40.4. The van der Waals surface area contributed by atoms with Crippen LogP contribution in [0.3, 0.4) is 0 Å². The van der Waals surface area contributed by atoms with Crippen LogP contribution in [0.2, 0.25) is 0 Å². The molecule has 0 saturated carbocycles. The van der Waals surface area contributed by atoms with Crippen molar-refractivity contribution in [1.82, 2.24) is 15.5 Å². The van der Waals surface area contributed by atoms with Crippen LogP contribution in [0.15, 0.2) is 18.2 Å². The van der Waals surface area contributed by atoms with Crippen molar-refractivity contribution in [1.29, 1.82) is 0 Å². The van der Waals surface area contributed by atoms with Gasteiger partial charge in [-0.3, -0.25) is 9.59 Å². The van der Waals surface area contributed by atoms with E-state index in [2.05, 4.69) is 17.6 Å². The second kappa shape index (κ2) is 11.9. The molecule has 3 atom stereocenters. The number of nitrogens with zero attached hydrogens (tertiary/aromatic N) is 1. The average molecular weight is 448 g/mol. The molecule has 32 heavy (non-hydrogen) atoms. The third kappa shape index (κ3) is 8.17. The Bertz CT molecular complexity index is 801. The summed E-state index contributed by atoms with van der Waals surface area (Å²) in [6, 6.07) is 4.15. The highest BCUT2D eigenvalue weighted by Gasteiger charge is 2.34. The van der Waals surface area contributed by atoms with E-state index < -0.39 is 23.8 Å². The van der Waals surface area contributed by atoms with E-state index in [0.717, 1.165) is 29.5 Å². The number of amides is 3. The van der Waals surface area contributed by atoms with Crippen LogP contribution >= 0.6 is 0 Å². The Balaban J connectivity index is 3.23. The van der Waals surface area contributed by atoms with E-state index in [4.69, 9.17) is 4.74 Å². The number of alkyl carbamates (subject to hydrolysis) is 1. The van der Waals surface area contributed by atoms with Gasteiger partial charge in [0.25, 0.3) is 0 Å². The summed E-state index contributed by atoms with van der Waals surface area (Å²) in [6.45, 7) is 17.0. The molecule has 1 aromatic carbocycles. The highest BCUT2D eigenvalue weighted by molar-refractivity contribution is 5.92. The van der Waals surface area contributed by atoms with Gasteiger partial charge >= 0.3 is 6.09 Å². The molecule has 0 aliphatic carbocycles. The molecule has 3 amide bonds. The molecule has 3 unspecified atom stereocenters. The van der Waals surface area contributed by atoms with E-state index in [1.807, 2.05) is 45.9 Å². The highest BCUT2D eigenvalue weighted by Crippen LogP contribution is 2.25. The first kappa shape index (κ1) is 27.5. The maximum atomic E-state index is 13.3. The van der Waals surface area contributed by atoms with Gasteiger partial charge in [0.1, 0.15) is 17.7 Å². The molecule has 1 aromatic rings. The third-order valence-corrected chi connectivity index (χ3v) is 5.24. The minimum atomic E-state index is -0.847. The van der Waals surface area contributed by atoms with E-state index in [0.29, 0.717) is 6.54 Å². The molecule has 0 heterocycles. The number of ether oxygens (including phenoxy) is 1. The van der Waals surface area contributed by atoms with E-state index in [9.17, 15) is 14.4 Å². The minimum Gasteiger partial charge on any atom is -0.444 e. The van der Waals surface area contributed by atoms with Gasteiger partial charge in [-0.15, -0.1) is 0 Å². The summed E-state index contributed by atoms with van der Waals surface area (Å²) in [5.41, 5.74) is 2.23. The average Bonchev–Trinajstić information content (AvgIpc) is 2.66. The van der Waals surface area contributed by atoms with Gasteiger partial charge in [0.15, 0.2) is 0 Å². The van der Waals surface area contributed by atoms with Crippen LogP contribution in [0.1, 0.15) is 84.0 Å². The number of aryl methyl sites for hydroxylation is 2. The van der Waals surface area contributed by atoms with Crippen molar-refractivity contribution in [3.8, 4) is 0 Å². The van der Waals surface area contributed by atoms with Crippen molar-refractivity contribution in [2.75, 3.05) is 6.54 Å². The van der Waals surface area contributed by atoms with Crippen molar-refractivity contribution >= 4 is 17.9 Å². The fraction of sp³-hybridized carbons (Fsp3) is 0.640. The molecule has 0 radical (unpaired) electrons. The summed E-state index contributed by atoms with van der Waals surface area (Å²) in [7, 11) is 0. The highest BCUT2D eigenvalue weighted by atomic mass is 16.6. The lowest BCUT2D eigenvalue weighted by molar-refractivity contribution is -0.142. The molecule has 0 aromatic heterocycles. The summed E-state index contributed by atoms with van der Waals surface area (Å²) in [5, 5.41) is 5.64. The zero-order chi connectivity index (χ0) is 24.6. The summed E-state index contributed by atoms with van der Waals surface area (Å²) >= 11 is 0. The van der Waals surface area contributed by atoms with Crippen molar-refractivity contribution in [3.63, 3.8) is 0 Å². The number of hydrogen-bond donors (Lipinski definition) is 2. The summed E-state index contributed by atoms with van der Waals surface area (Å²) < 4.78 is 5.27. The van der Waals surface area contributed by atoms with Crippen LogP contribution in [-0.2, 0) is 14.3 Å². The van der Waals surface area contributed by atoms with Gasteiger partial charge in [-0.2, -0.15) is 0 Å². The standard InChI is InChI=1S/C25H41N3O4/c1-10-12-18(5)26-22(29)21(20-14-13-16(3)17(4)15-20)28(11-2)23(30)19(6)27-24(31)32-25(7,8)9/h13-15,18-19,21H,10-12H2,1-9H3,(H,26,29)(H,27,31). The van der Waals surface area contributed by atoms with Crippen molar-refractivity contribution in [2.45, 2.75) is 98.9 Å². The number of likely N-dealkylation sites (N-methyl/N-ethyl adjacent to an activating group) is 1. The molecule has 7 nitrogen and oxygen atoms in total. The fourth-order valence-corrected chi connectivity index (χ4v) is 3.49. The molecule has 0 spiro atoms. The summed E-state index contributed by atoms with van der Waals surface area (Å²) in [5.74, 6) is -0.575. The van der Waals surface area contributed by atoms with E-state index >= 15 is 0 Å². The predicted octanol–water partition coefficient (Wildman–Crippen LogP) is 4.41. The van der Waals surface area contributed by atoms with Crippen LogP contribution in [0.5, 0.6) is 0 Å². The number of carbonyl (C=O) groups is 3. The quantitative estimate of drug-likeness (QED) is 0.587. The molecule has 0 fully saturated rings. The molecular formula is C25H41N3O4. The molecular weight excluding hydrogens is 406 g/mol. The van der Waals surface area contributed by atoms with Gasteiger partial charge in [0, 0.05) is 12.6 Å². The normalized spacial score (nSPS) is 14.2. The number of hydrogen-bond acceptors (Lipinski definition) is 4. The maximum Gasteiger partial charge on any atom is 0.408 e. The zero-order valence-corrected chi connectivity index (χ0v) is 21.2. The lowest BCUT2D eigenvalue weighted by Gasteiger charge is -2.33. The Kier molecular flexibility index (Phi) is 10.2.